The van der Waals surface area contributed by atoms with Gasteiger partial charge in [-0.1, -0.05) is 170 Å². The molecular weight excluding hydrogens is 797 g/mol. The van der Waals surface area contributed by atoms with Gasteiger partial charge in [0.2, 0.25) is 0 Å². The summed E-state index contributed by atoms with van der Waals surface area (Å²) in [7, 11) is 0. The molecule has 4 nitrogen and oxygen atoms in total. The number of aromatic nitrogens is 1. The summed E-state index contributed by atoms with van der Waals surface area (Å²) in [5.74, 6) is 1.47. The molecule has 5 heteroatoms. The summed E-state index contributed by atoms with van der Waals surface area (Å²) < 4.78 is 4.99. The van der Waals surface area contributed by atoms with E-state index in [4.69, 9.17) is 9.98 Å². The van der Waals surface area contributed by atoms with Gasteiger partial charge in [0.25, 0.3) is 0 Å². The van der Waals surface area contributed by atoms with E-state index >= 15 is 0 Å². The Kier molecular flexibility index (Phi) is 8.43. The average molecular weight is 835 g/mol. The fraction of sp³-hybridized carbons (Fsp3) is 0.0169. The van der Waals surface area contributed by atoms with E-state index < -0.39 is 6.17 Å². The third kappa shape index (κ3) is 5.97. The van der Waals surface area contributed by atoms with Crippen LogP contribution < -0.4 is 5.32 Å². The monoisotopic (exact) mass is 834 g/mol. The van der Waals surface area contributed by atoms with Crippen LogP contribution in [-0.2, 0) is 0 Å². The summed E-state index contributed by atoms with van der Waals surface area (Å²) in [5, 5.41) is 13.7. The van der Waals surface area contributed by atoms with Gasteiger partial charge in [0.15, 0.2) is 5.84 Å². The molecule has 1 atom stereocenters. The number of benzene rings is 10. The Labute approximate surface area is 373 Å². The van der Waals surface area contributed by atoms with E-state index in [1.165, 1.54) is 69.1 Å². The summed E-state index contributed by atoms with van der Waals surface area (Å²) in [6, 6.07) is 78.8. The SMILES string of the molecule is c1ccc(C2=NC(c3cccc(-c4ccccc4)c3)=NC(c3ccc(-n4c5ccccc5c5cc6ccccc6cc54)cc3-c3c4ccccc4cc4sc5ccccc5c34)N2)cc1. The van der Waals surface area contributed by atoms with Crippen LogP contribution in [0, 0.1) is 0 Å². The zero-order valence-corrected chi connectivity index (χ0v) is 35.4. The molecule has 10 aromatic carbocycles. The van der Waals surface area contributed by atoms with Crippen molar-refractivity contribution in [3.8, 4) is 27.9 Å². The van der Waals surface area contributed by atoms with Gasteiger partial charge in [-0.3, -0.25) is 0 Å². The molecule has 0 radical (unpaired) electrons. The lowest BCUT2D eigenvalue weighted by Crippen LogP contribution is -2.33. The first kappa shape index (κ1) is 36.5. The highest BCUT2D eigenvalue weighted by molar-refractivity contribution is 7.26. The van der Waals surface area contributed by atoms with Crippen molar-refractivity contribution in [3.05, 3.63) is 235 Å². The van der Waals surface area contributed by atoms with Crippen molar-refractivity contribution in [1.29, 1.82) is 0 Å². The van der Waals surface area contributed by atoms with Crippen molar-refractivity contribution in [3.63, 3.8) is 0 Å². The van der Waals surface area contributed by atoms with Gasteiger partial charge in [0.1, 0.15) is 12.0 Å². The molecule has 0 saturated heterocycles. The predicted octanol–water partition coefficient (Wildman–Crippen LogP) is 15.3. The van der Waals surface area contributed by atoms with Gasteiger partial charge in [-0.25, -0.2) is 9.98 Å². The third-order valence-electron chi connectivity index (χ3n) is 12.8. The zero-order valence-electron chi connectivity index (χ0n) is 34.6. The molecule has 0 aliphatic carbocycles. The Hall–Kier alpha value is -8.12. The Balaban J connectivity index is 1.11. The number of aliphatic imine (C=N–C) groups is 2. The Bertz CT molecular complexity index is 3880. The average Bonchev–Trinajstić information content (AvgIpc) is 3.90. The summed E-state index contributed by atoms with van der Waals surface area (Å²) >= 11 is 1.86. The first-order valence-corrected chi connectivity index (χ1v) is 22.6. The van der Waals surface area contributed by atoms with Crippen LogP contribution in [-0.4, -0.2) is 16.2 Å². The molecule has 0 fully saturated rings. The van der Waals surface area contributed by atoms with E-state index in [1.54, 1.807) is 0 Å². The molecule has 0 amide bonds. The number of hydrogen-bond donors (Lipinski definition) is 1. The Morgan fingerprint density at radius 2 is 1.09 bits per heavy atom. The largest absolute Gasteiger partial charge is 0.344 e. The molecule has 0 bridgehead atoms. The van der Waals surface area contributed by atoms with Crippen LogP contribution in [0.5, 0.6) is 0 Å². The van der Waals surface area contributed by atoms with Gasteiger partial charge in [-0.15, -0.1) is 11.3 Å². The molecule has 300 valence electrons. The van der Waals surface area contributed by atoms with Crippen molar-refractivity contribution in [2.24, 2.45) is 9.98 Å². The highest BCUT2D eigenvalue weighted by atomic mass is 32.1. The van der Waals surface area contributed by atoms with Crippen molar-refractivity contribution >= 4 is 86.5 Å². The van der Waals surface area contributed by atoms with Gasteiger partial charge in [-0.2, -0.15) is 0 Å². The standard InChI is InChI=1S/C59H38N4S/c1-3-16-37(17-4-1)39-23-15-24-43(32-39)58-60-57(38-18-5-2-6-19-38)61-59(62-58)47-31-30-44(63-51-28-13-11-26-46(51)49-33-40-20-7-8-21-41(40)34-52(49)63)36-50(47)55-45-25-10-9-22-42(45)35-54-56(55)48-27-12-14-29-53(48)64-54/h1-36,59H,(H,60,61,62). The lowest BCUT2D eigenvalue weighted by atomic mass is 9.89. The molecule has 2 aromatic heterocycles. The molecule has 0 saturated carbocycles. The second-order valence-electron chi connectivity index (χ2n) is 16.6. The maximum absolute atomic E-state index is 5.57. The van der Waals surface area contributed by atoms with E-state index in [9.17, 15) is 0 Å². The van der Waals surface area contributed by atoms with E-state index in [0.29, 0.717) is 5.84 Å². The summed E-state index contributed by atoms with van der Waals surface area (Å²) in [6.45, 7) is 0. The van der Waals surface area contributed by atoms with Crippen LogP contribution in [0.2, 0.25) is 0 Å². The van der Waals surface area contributed by atoms with Crippen molar-refractivity contribution in [2.45, 2.75) is 6.17 Å². The highest BCUT2D eigenvalue weighted by Crippen LogP contribution is 2.47. The Morgan fingerprint density at radius 1 is 0.438 bits per heavy atom. The molecule has 1 aliphatic heterocycles. The zero-order chi connectivity index (χ0) is 42.1. The number of fused-ring (bicyclic) bond motifs is 8. The van der Waals surface area contributed by atoms with Crippen molar-refractivity contribution in [2.75, 3.05) is 0 Å². The fourth-order valence-electron chi connectivity index (χ4n) is 9.85. The topological polar surface area (TPSA) is 41.7 Å². The van der Waals surface area contributed by atoms with Gasteiger partial charge in [0, 0.05) is 53.3 Å². The van der Waals surface area contributed by atoms with Gasteiger partial charge < -0.3 is 9.88 Å². The Morgan fingerprint density at radius 3 is 1.92 bits per heavy atom. The van der Waals surface area contributed by atoms with Crippen molar-refractivity contribution < 1.29 is 0 Å². The first-order valence-electron chi connectivity index (χ1n) is 21.8. The lowest BCUT2D eigenvalue weighted by molar-refractivity contribution is 0.676. The summed E-state index contributed by atoms with van der Waals surface area (Å²) in [5.41, 5.74) is 11.1. The number of nitrogens with zero attached hydrogens (tertiary/aromatic N) is 3. The van der Waals surface area contributed by atoms with Gasteiger partial charge >= 0.3 is 0 Å². The number of hydrogen-bond acceptors (Lipinski definition) is 4. The van der Waals surface area contributed by atoms with Crippen LogP contribution >= 0.6 is 11.3 Å². The lowest BCUT2D eigenvalue weighted by Gasteiger charge is -2.27. The first-order chi connectivity index (χ1) is 31.7. The second kappa shape index (κ2) is 14.8. The van der Waals surface area contributed by atoms with Gasteiger partial charge in [-0.05, 0) is 92.3 Å². The normalized spacial score (nSPS) is 14.1. The summed E-state index contributed by atoms with van der Waals surface area (Å²) in [6.07, 6.45) is -0.465. The second-order valence-corrected chi connectivity index (χ2v) is 17.6. The summed E-state index contributed by atoms with van der Waals surface area (Å²) in [4.78, 5) is 10.8. The maximum Gasteiger partial charge on any atom is 0.159 e. The minimum atomic E-state index is -0.465. The molecule has 64 heavy (non-hydrogen) atoms. The number of para-hydroxylation sites is 1. The minimum absolute atomic E-state index is 0.465. The van der Waals surface area contributed by atoms with E-state index in [2.05, 4.69) is 222 Å². The third-order valence-corrected chi connectivity index (χ3v) is 13.9. The molecule has 13 rings (SSSR count). The van der Waals surface area contributed by atoms with Gasteiger partial charge in [0.05, 0.1) is 11.0 Å². The van der Waals surface area contributed by atoms with E-state index in [1.807, 2.05) is 17.4 Å². The van der Waals surface area contributed by atoms with Crippen LogP contribution in [0.4, 0.5) is 0 Å². The van der Waals surface area contributed by atoms with E-state index in [0.717, 1.165) is 44.9 Å². The smallest absolute Gasteiger partial charge is 0.159 e. The van der Waals surface area contributed by atoms with Crippen LogP contribution in [0.3, 0.4) is 0 Å². The van der Waals surface area contributed by atoms with Crippen LogP contribution in [0.15, 0.2) is 228 Å². The van der Waals surface area contributed by atoms with Crippen LogP contribution in [0.1, 0.15) is 22.9 Å². The fourth-order valence-corrected chi connectivity index (χ4v) is 11.0. The number of thiophene rings is 1. The van der Waals surface area contributed by atoms with Crippen molar-refractivity contribution in [1.82, 2.24) is 9.88 Å². The van der Waals surface area contributed by atoms with Crippen LogP contribution in [0.25, 0.3) is 91.5 Å². The predicted molar refractivity (Wildman–Crippen MR) is 271 cm³/mol. The molecule has 0 spiro atoms. The number of nitrogens with one attached hydrogen (secondary N) is 1. The number of amidine groups is 2. The van der Waals surface area contributed by atoms with E-state index in [-0.39, 0.29) is 0 Å². The molecule has 1 aliphatic rings. The number of rotatable bonds is 6. The molecule has 1 unspecified atom stereocenters. The quantitative estimate of drug-likeness (QED) is 0.178. The molecular formula is C59H38N4S. The highest BCUT2D eigenvalue weighted by Gasteiger charge is 2.27. The molecule has 1 N–H and O–H groups in total. The molecule has 3 heterocycles. The maximum atomic E-state index is 5.57. The minimum Gasteiger partial charge on any atom is -0.344 e. The molecule has 12 aromatic rings.